The SMILES string of the molecule is O=[C]c1ccc([N+](=O)[O-])cc1C(=O)NO. The van der Waals surface area contributed by atoms with Crippen LogP contribution < -0.4 is 5.48 Å². The number of hydroxylamine groups is 1. The topological polar surface area (TPSA) is 110 Å². The van der Waals surface area contributed by atoms with Crippen LogP contribution in [0.4, 0.5) is 5.69 Å². The van der Waals surface area contributed by atoms with E-state index < -0.39 is 10.8 Å². The highest BCUT2D eigenvalue weighted by Gasteiger charge is 2.16. The van der Waals surface area contributed by atoms with Gasteiger partial charge in [0.1, 0.15) is 0 Å². The quantitative estimate of drug-likeness (QED) is 0.419. The van der Waals surface area contributed by atoms with Gasteiger partial charge in [0.05, 0.1) is 10.5 Å². The van der Waals surface area contributed by atoms with Gasteiger partial charge < -0.3 is 0 Å². The molecule has 0 aliphatic carbocycles. The Balaban J connectivity index is 3.31. The summed E-state index contributed by atoms with van der Waals surface area (Å²) in [6.07, 6.45) is 1.43. The monoisotopic (exact) mass is 209 g/mol. The second kappa shape index (κ2) is 4.29. The van der Waals surface area contributed by atoms with Crippen LogP contribution in [0.25, 0.3) is 0 Å². The predicted octanol–water partition coefficient (Wildman–Crippen LogP) is 0.172. The van der Waals surface area contributed by atoms with Crippen LogP contribution in [0.1, 0.15) is 15.9 Å². The van der Waals surface area contributed by atoms with Gasteiger partial charge in [-0.25, -0.2) is 5.48 Å². The summed E-state index contributed by atoms with van der Waals surface area (Å²) < 4.78 is 0. The molecule has 0 heterocycles. The fourth-order valence-corrected chi connectivity index (χ4v) is 0.983. The van der Waals surface area contributed by atoms with Crippen LogP contribution in [0.15, 0.2) is 18.2 Å². The van der Waals surface area contributed by atoms with Crippen LogP contribution >= 0.6 is 0 Å². The summed E-state index contributed by atoms with van der Waals surface area (Å²) in [5, 5.41) is 18.7. The van der Waals surface area contributed by atoms with Crippen molar-refractivity contribution in [2.75, 3.05) is 0 Å². The van der Waals surface area contributed by atoms with E-state index in [4.69, 9.17) is 5.21 Å². The molecular weight excluding hydrogens is 204 g/mol. The van der Waals surface area contributed by atoms with Crippen molar-refractivity contribution in [1.82, 2.24) is 5.48 Å². The van der Waals surface area contributed by atoms with Crippen LogP contribution in [0.2, 0.25) is 0 Å². The molecule has 0 bridgehead atoms. The van der Waals surface area contributed by atoms with Crippen LogP contribution in [0.5, 0.6) is 0 Å². The molecule has 15 heavy (non-hydrogen) atoms. The number of hydrogen-bond donors (Lipinski definition) is 2. The van der Waals surface area contributed by atoms with E-state index in [9.17, 15) is 19.7 Å². The molecule has 0 atom stereocenters. The number of carbonyl (C=O) groups is 1. The lowest BCUT2D eigenvalue weighted by molar-refractivity contribution is -0.384. The van der Waals surface area contributed by atoms with Crippen LogP contribution in [-0.4, -0.2) is 22.3 Å². The van der Waals surface area contributed by atoms with E-state index in [1.54, 1.807) is 0 Å². The zero-order chi connectivity index (χ0) is 11.4. The Hall–Kier alpha value is -2.28. The van der Waals surface area contributed by atoms with Gasteiger partial charge in [-0.2, -0.15) is 0 Å². The van der Waals surface area contributed by atoms with E-state index in [0.29, 0.717) is 0 Å². The second-order valence-corrected chi connectivity index (χ2v) is 2.53. The van der Waals surface area contributed by atoms with Gasteiger partial charge in [0.2, 0.25) is 6.29 Å². The molecule has 77 valence electrons. The van der Waals surface area contributed by atoms with Gasteiger partial charge in [-0.15, -0.1) is 0 Å². The summed E-state index contributed by atoms with van der Waals surface area (Å²) in [5.41, 5.74) is 0.464. The molecule has 0 spiro atoms. The van der Waals surface area contributed by atoms with E-state index in [0.717, 1.165) is 18.2 Å². The number of amides is 1. The van der Waals surface area contributed by atoms with Crippen LogP contribution in [-0.2, 0) is 4.79 Å². The lowest BCUT2D eigenvalue weighted by Gasteiger charge is -2.01. The maximum atomic E-state index is 11.0. The molecule has 0 unspecified atom stereocenters. The molecule has 0 aliphatic rings. The Labute approximate surface area is 83.4 Å². The molecule has 0 aromatic heterocycles. The van der Waals surface area contributed by atoms with Crippen LogP contribution in [0, 0.1) is 10.1 Å². The zero-order valence-electron chi connectivity index (χ0n) is 7.26. The third-order valence-corrected chi connectivity index (χ3v) is 1.67. The molecule has 1 amide bonds. The minimum absolute atomic E-state index is 0.160. The number of nitro benzene ring substituents is 1. The molecule has 1 rings (SSSR count). The number of nitrogens with zero attached hydrogens (tertiary/aromatic N) is 1. The van der Waals surface area contributed by atoms with Crippen molar-refractivity contribution in [1.29, 1.82) is 0 Å². The van der Waals surface area contributed by atoms with Crippen LogP contribution in [0.3, 0.4) is 0 Å². The first-order valence-corrected chi connectivity index (χ1v) is 3.71. The number of benzene rings is 1. The van der Waals surface area contributed by atoms with Crippen molar-refractivity contribution >= 4 is 17.9 Å². The molecule has 1 aromatic rings. The number of carbonyl (C=O) groups excluding carboxylic acids is 2. The second-order valence-electron chi connectivity index (χ2n) is 2.53. The van der Waals surface area contributed by atoms with Crippen molar-refractivity contribution in [2.24, 2.45) is 0 Å². The number of nitrogens with one attached hydrogen (secondary N) is 1. The molecule has 2 N–H and O–H groups in total. The van der Waals surface area contributed by atoms with Gasteiger partial charge in [-0.3, -0.25) is 24.9 Å². The Kier molecular flexibility index (Phi) is 3.09. The number of non-ortho nitro benzene ring substituents is 1. The van der Waals surface area contributed by atoms with E-state index in [1.807, 2.05) is 0 Å². The normalized spacial score (nSPS) is 9.40. The molecule has 1 radical (unpaired) electrons. The fraction of sp³-hybridized carbons (Fsp3) is 0. The summed E-state index contributed by atoms with van der Waals surface area (Å²) in [4.78, 5) is 31.0. The van der Waals surface area contributed by atoms with Gasteiger partial charge in [0, 0.05) is 17.7 Å². The highest BCUT2D eigenvalue weighted by atomic mass is 16.6. The van der Waals surface area contributed by atoms with Gasteiger partial charge >= 0.3 is 0 Å². The third kappa shape index (κ3) is 2.15. The molecule has 0 saturated heterocycles. The zero-order valence-corrected chi connectivity index (χ0v) is 7.26. The highest BCUT2D eigenvalue weighted by molar-refractivity contribution is 6.01. The molecule has 0 aliphatic heterocycles. The lowest BCUT2D eigenvalue weighted by atomic mass is 10.1. The molecular formula is C8H5N2O5. The maximum absolute atomic E-state index is 11.0. The molecule has 7 nitrogen and oxygen atoms in total. The van der Waals surface area contributed by atoms with E-state index >= 15 is 0 Å². The first kappa shape index (κ1) is 10.8. The lowest BCUT2D eigenvalue weighted by Crippen LogP contribution is -2.20. The number of nitro groups is 1. The van der Waals surface area contributed by atoms with Crippen molar-refractivity contribution in [3.8, 4) is 0 Å². The molecule has 1 aromatic carbocycles. The Bertz CT molecular complexity index is 429. The number of hydrogen-bond acceptors (Lipinski definition) is 5. The van der Waals surface area contributed by atoms with Crippen molar-refractivity contribution in [3.05, 3.63) is 39.4 Å². The minimum atomic E-state index is -1.00. The maximum Gasteiger partial charge on any atom is 0.275 e. The fourth-order valence-electron chi connectivity index (χ4n) is 0.983. The van der Waals surface area contributed by atoms with Gasteiger partial charge in [0.25, 0.3) is 11.6 Å². The Morgan fingerprint density at radius 1 is 1.53 bits per heavy atom. The van der Waals surface area contributed by atoms with Gasteiger partial charge in [0.15, 0.2) is 0 Å². The van der Waals surface area contributed by atoms with E-state index in [2.05, 4.69) is 0 Å². The summed E-state index contributed by atoms with van der Waals surface area (Å²) in [7, 11) is 0. The molecule has 0 saturated carbocycles. The summed E-state index contributed by atoms with van der Waals surface area (Å²) >= 11 is 0. The average Bonchev–Trinajstić information content (AvgIpc) is 2.27. The van der Waals surface area contributed by atoms with Crippen molar-refractivity contribution in [2.45, 2.75) is 0 Å². The third-order valence-electron chi connectivity index (χ3n) is 1.67. The largest absolute Gasteiger partial charge is 0.288 e. The highest BCUT2D eigenvalue weighted by Crippen LogP contribution is 2.16. The smallest absolute Gasteiger partial charge is 0.275 e. The van der Waals surface area contributed by atoms with Crippen molar-refractivity contribution in [3.63, 3.8) is 0 Å². The first-order valence-electron chi connectivity index (χ1n) is 3.71. The summed E-state index contributed by atoms with van der Waals surface area (Å²) in [6, 6.07) is 3.02. The number of rotatable bonds is 3. The average molecular weight is 209 g/mol. The standard InChI is InChI=1S/C8H5N2O5/c11-4-5-1-2-6(10(14)15)3-7(5)8(12)9-13/h1-3,13H,(H,9,12). The van der Waals surface area contributed by atoms with Gasteiger partial charge in [-0.05, 0) is 6.07 Å². The minimum Gasteiger partial charge on any atom is -0.288 e. The Morgan fingerprint density at radius 2 is 2.20 bits per heavy atom. The van der Waals surface area contributed by atoms with E-state index in [1.165, 1.54) is 11.8 Å². The summed E-state index contributed by atoms with van der Waals surface area (Å²) in [6.45, 7) is 0. The van der Waals surface area contributed by atoms with Gasteiger partial charge in [-0.1, -0.05) is 0 Å². The summed E-state index contributed by atoms with van der Waals surface area (Å²) in [5.74, 6) is -1.00. The first-order chi connectivity index (χ1) is 7.10. The predicted molar refractivity (Wildman–Crippen MR) is 47.1 cm³/mol. The Morgan fingerprint density at radius 3 is 2.67 bits per heavy atom. The molecule has 7 heteroatoms. The van der Waals surface area contributed by atoms with Crippen molar-refractivity contribution < 1.29 is 19.7 Å². The van der Waals surface area contributed by atoms with E-state index in [-0.39, 0.29) is 16.8 Å². The molecule has 0 fully saturated rings.